The molecule has 0 aromatic heterocycles. The molecule has 0 atom stereocenters. The van der Waals surface area contributed by atoms with E-state index in [4.69, 9.17) is 21.1 Å². The van der Waals surface area contributed by atoms with Crippen molar-refractivity contribution in [2.45, 2.75) is 6.61 Å². The summed E-state index contributed by atoms with van der Waals surface area (Å²) >= 11 is 6.02. The summed E-state index contributed by atoms with van der Waals surface area (Å²) in [5.41, 5.74) is 0.999. The van der Waals surface area contributed by atoms with Crippen LogP contribution in [0.5, 0.6) is 5.75 Å². The maximum Gasteiger partial charge on any atom is 0.119 e. The van der Waals surface area contributed by atoms with Crippen molar-refractivity contribution in [3.63, 3.8) is 0 Å². The fourth-order valence-electron chi connectivity index (χ4n) is 1.53. The summed E-state index contributed by atoms with van der Waals surface area (Å²) in [7, 11) is 0. The largest absolute Gasteiger partial charge is 0.491 e. The van der Waals surface area contributed by atoms with Gasteiger partial charge in [-0.25, -0.2) is 0 Å². The van der Waals surface area contributed by atoms with Gasteiger partial charge in [-0.2, -0.15) is 0 Å². The van der Waals surface area contributed by atoms with Gasteiger partial charge in [0, 0.05) is 5.02 Å². The van der Waals surface area contributed by atoms with Crippen molar-refractivity contribution in [1.82, 2.24) is 0 Å². The highest BCUT2D eigenvalue weighted by atomic mass is 35.5. The highest BCUT2D eigenvalue weighted by Gasteiger charge is 1.98. The topological polar surface area (TPSA) is 18.5 Å². The second-order valence-electron chi connectivity index (χ2n) is 3.81. The van der Waals surface area contributed by atoms with Gasteiger partial charge in [-0.3, -0.25) is 0 Å². The van der Waals surface area contributed by atoms with E-state index < -0.39 is 0 Å². The van der Waals surface area contributed by atoms with Crippen molar-refractivity contribution in [3.05, 3.63) is 65.2 Å². The molecule has 0 aliphatic carbocycles. The molecule has 0 aliphatic rings. The Morgan fingerprint density at radius 2 is 1.56 bits per heavy atom. The van der Waals surface area contributed by atoms with Gasteiger partial charge in [-0.1, -0.05) is 48.0 Å². The molecule has 0 N–H and O–H groups in total. The molecule has 2 aromatic rings. The summed E-state index contributed by atoms with van der Waals surface area (Å²) in [4.78, 5) is 0. The Hall–Kier alpha value is -1.51. The van der Waals surface area contributed by atoms with E-state index in [0.29, 0.717) is 19.8 Å². The van der Waals surface area contributed by atoms with Crippen LogP contribution in [0.2, 0.25) is 5.02 Å². The maximum atomic E-state index is 6.02. The first-order valence-electron chi connectivity index (χ1n) is 5.85. The lowest BCUT2D eigenvalue weighted by molar-refractivity contribution is 0.0889. The first-order valence-corrected chi connectivity index (χ1v) is 6.23. The normalized spacial score (nSPS) is 10.3. The second-order valence-corrected chi connectivity index (χ2v) is 4.21. The summed E-state index contributed by atoms with van der Waals surface area (Å²) in [5, 5.41) is 0.737. The molecule has 2 nitrogen and oxygen atoms in total. The molecule has 0 bridgehead atoms. The van der Waals surface area contributed by atoms with Gasteiger partial charge in [0.15, 0.2) is 0 Å². The molecule has 3 heteroatoms. The lowest BCUT2D eigenvalue weighted by Gasteiger charge is -2.07. The highest BCUT2D eigenvalue weighted by Crippen LogP contribution is 2.15. The van der Waals surface area contributed by atoms with Crippen molar-refractivity contribution in [2.24, 2.45) is 0 Å². The number of halogens is 1. The first kappa shape index (κ1) is 12.9. The van der Waals surface area contributed by atoms with Crippen LogP contribution in [0.25, 0.3) is 0 Å². The predicted molar refractivity (Wildman–Crippen MR) is 73.0 cm³/mol. The minimum absolute atomic E-state index is 0.512. The first-order chi connectivity index (χ1) is 8.86. The molecule has 94 valence electrons. The Kier molecular flexibility index (Phi) is 5.06. The van der Waals surface area contributed by atoms with Crippen LogP contribution in [0.3, 0.4) is 0 Å². The summed E-state index contributed by atoms with van der Waals surface area (Å²) in [6, 6.07) is 17.4. The molecule has 0 radical (unpaired) electrons. The molecule has 0 saturated carbocycles. The van der Waals surface area contributed by atoms with E-state index in [1.807, 2.05) is 54.6 Å². The number of rotatable bonds is 6. The Labute approximate surface area is 112 Å². The second kappa shape index (κ2) is 7.04. The van der Waals surface area contributed by atoms with Crippen molar-refractivity contribution in [3.8, 4) is 5.75 Å². The molecule has 0 unspecified atom stereocenters. The Balaban J connectivity index is 1.66. The molecule has 0 heterocycles. The van der Waals surface area contributed by atoms with Crippen LogP contribution in [0.4, 0.5) is 0 Å². The zero-order valence-electron chi connectivity index (χ0n) is 10.0. The summed E-state index contributed by atoms with van der Waals surface area (Å²) in [6.45, 7) is 1.59. The monoisotopic (exact) mass is 262 g/mol. The molecule has 0 fully saturated rings. The molecular weight excluding hydrogens is 248 g/mol. The molecular formula is C15H15ClO2. The standard InChI is InChI=1S/C15H15ClO2/c16-15-9-5-4-6-13(15)12-17-10-11-18-14-7-2-1-3-8-14/h1-9H,10-12H2. The fraction of sp³-hybridized carbons (Fsp3) is 0.200. The highest BCUT2D eigenvalue weighted by molar-refractivity contribution is 6.31. The number of hydrogen-bond donors (Lipinski definition) is 0. The number of para-hydroxylation sites is 1. The third-order valence-electron chi connectivity index (χ3n) is 2.46. The Bertz CT molecular complexity index is 471. The summed E-state index contributed by atoms with van der Waals surface area (Å²) in [6.07, 6.45) is 0. The maximum absolute atomic E-state index is 6.02. The van der Waals surface area contributed by atoms with Crippen molar-refractivity contribution >= 4 is 11.6 Å². The molecule has 2 aromatic carbocycles. The molecule has 2 rings (SSSR count). The lowest BCUT2D eigenvalue weighted by Crippen LogP contribution is -2.06. The molecule has 18 heavy (non-hydrogen) atoms. The van der Waals surface area contributed by atoms with E-state index in [2.05, 4.69) is 0 Å². The van der Waals surface area contributed by atoms with Gasteiger partial charge in [0.05, 0.1) is 13.2 Å². The molecule has 0 amide bonds. The molecule has 0 saturated heterocycles. The van der Waals surface area contributed by atoms with E-state index in [1.54, 1.807) is 0 Å². The van der Waals surface area contributed by atoms with Gasteiger partial charge >= 0.3 is 0 Å². The predicted octanol–water partition coefficient (Wildman–Crippen LogP) is 3.94. The summed E-state index contributed by atoms with van der Waals surface area (Å²) in [5.74, 6) is 0.860. The Morgan fingerprint density at radius 1 is 0.833 bits per heavy atom. The van der Waals surface area contributed by atoms with Gasteiger partial charge in [-0.15, -0.1) is 0 Å². The van der Waals surface area contributed by atoms with E-state index in [0.717, 1.165) is 16.3 Å². The van der Waals surface area contributed by atoms with E-state index >= 15 is 0 Å². The minimum Gasteiger partial charge on any atom is -0.491 e. The average molecular weight is 263 g/mol. The molecule has 0 spiro atoms. The van der Waals surface area contributed by atoms with Gasteiger partial charge in [0.1, 0.15) is 12.4 Å². The average Bonchev–Trinajstić information content (AvgIpc) is 2.42. The van der Waals surface area contributed by atoms with E-state index in [1.165, 1.54) is 0 Å². The van der Waals surface area contributed by atoms with E-state index in [9.17, 15) is 0 Å². The van der Waals surface area contributed by atoms with Gasteiger partial charge in [0.25, 0.3) is 0 Å². The smallest absolute Gasteiger partial charge is 0.119 e. The summed E-state index contributed by atoms with van der Waals surface area (Å²) < 4.78 is 11.0. The fourth-order valence-corrected chi connectivity index (χ4v) is 1.72. The number of ether oxygens (including phenoxy) is 2. The van der Waals surface area contributed by atoms with Crippen molar-refractivity contribution in [1.29, 1.82) is 0 Å². The van der Waals surface area contributed by atoms with Crippen molar-refractivity contribution < 1.29 is 9.47 Å². The van der Waals surface area contributed by atoms with Crippen LogP contribution in [0, 0.1) is 0 Å². The van der Waals surface area contributed by atoms with E-state index in [-0.39, 0.29) is 0 Å². The van der Waals surface area contributed by atoms with Crippen LogP contribution >= 0.6 is 11.6 Å². The third-order valence-corrected chi connectivity index (χ3v) is 2.82. The number of hydrogen-bond acceptors (Lipinski definition) is 2. The van der Waals surface area contributed by atoms with Crippen LogP contribution in [-0.2, 0) is 11.3 Å². The van der Waals surface area contributed by atoms with Gasteiger partial charge in [-0.05, 0) is 23.8 Å². The van der Waals surface area contributed by atoms with Crippen LogP contribution < -0.4 is 4.74 Å². The van der Waals surface area contributed by atoms with Gasteiger partial charge < -0.3 is 9.47 Å². The lowest BCUT2D eigenvalue weighted by atomic mass is 10.2. The van der Waals surface area contributed by atoms with Crippen LogP contribution in [-0.4, -0.2) is 13.2 Å². The third kappa shape index (κ3) is 4.06. The minimum atomic E-state index is 0.512. The Morgan fingerprint density at radius 3 is 2.33 bits per heavy atom. The zero-order valence-corrected chi connectivity index (χ0v) is 10.8. The van der Waals surface area contributed by atoms with Crippen molar-refractivity contribution in [2.75, 3.05) is 13.2 Å². The number of benzene rings is 2. The van der Waals surface area contributed by atoms with Crippen LogP contribution in [0.1, 0.15) is 5.56 Å². The molecule has 0 aliphatic heterocycles. The SMILES string of the molecule is Clc1ccccc1COCCOc1ccccc1. The van der Waals surface area contributed by atoms with Crippen LogP contribution in [0.15, 0.2) is 54.6 Å². The quantitative estimate of drug-likeness (QED) is 0.734. The zero-order chi connectivity index (χ0) is 12.6. The van der Waals surface area contributed by atoms with Gasteiger partial charge in [0.2, 0.25) is 0 Å².